The van der Waals surface area contributed by atoms with Gasteiger partial charge in [0.1, 0.15) is 0 Å². The van der Waals surface area contributed by atoms with E-state index in [1.165, 1.54) is 129 Å². The fourth-order valence-corrected chi connectivity index (χ4v) is 13.6. The molecule has 3 nitrogen and oxygen atoms in total. The first kappa shape index (κ1) is 30.1. The number of hydrogen-bond acceptors (Lipinski definition) is 2. The number of nitrogens with zero attached hydrogens (tertiary/aromatic N) is 3. The van der Waals surface area contributed by atoms with Gasteiger partial charge < -0.3 is 14.4 Å². The molecule has 52 heavy (non-hydrogen) atoms. The van der Waals surface area contributed by atoms with E-state index >= 15 is 0 Å². The zero-order valence-corrected chi connectivity index (χ0v) is 31.7. The highest BCUT2D eigenvalue weighted by Crippen LogP contribution is 2.64. The maximum atomic E-state index is 2.91. The van der Waals surface area contributed by atoms with Crippen LogP contribution in [-0.2, 0) is 10.8 Å². The fraction of sp³-hybridized carbons (Fsp3) is 0.375. The van der Waals surface area contributed by atoms with Crippen molar-refractivity contribution in [2.75, 3.05) is 9.80 Å². The summed E-state index contributed by atoms with van der Waals surface area (Å²) in [5.74, 6) is 0. The largest absolute Gasteiger partial charge is 0.335 e. The molecular weight excluding hydrogens is 629 g/mol. The van der Waals surface area contributed by atoms with E-state index in [1.54, 1.807) is 11.1 Å². The van der Waals surface area contributed by atoms with Crippen LogP contribution in [0.3, 0.4) is 0 Å². The highest BCUT2D eigenvalue weighted by atomic mass is 15.3. The van der Waals surface area contributed by atoms with Gasteiger partial charge in [-0.3, -0.25) is 0 Å². The summed E-state index contributed by atoms with van der Waals surface area (Å²) in [5.41, 5.74) is 20.5. The Bertz CT molecular complexity index is 2610. The first-order valence-corrected chi connectivity index (χ1v) is 20.2. The fourth-order valence-electron chi connectivity index (χ4n) is 13.6. The molecule has 0 amide bonds. The maximum absolute atomic E-state index is 2.91. The molecule has 5 heterocycles. The van der Waals surface area contributed by atoms with Crippen LogP contribution in [0.25, 0.3) is 27.5 Å². The van der Waals surface area contributed by atoms with E-state index in [4.69, 9.17) is 0 Å². The molecule has 258 valence electrons. The average molecular weight is 678 g/mol. The molecule has 2 aliphatic carbocycles. The second-order valence-corrected chi connectivity index (χ2v) is 18.4. The van der Waals surface area contributed by atoms with Crippen molar-refractivity contribution in [2.24, 2.45) is 0 Å². The Balaban J connectivity index is 1.25. The van der Waals surface area contributed by atoms with Gasteiger partial charge in [0.2, 0.25) is 0 Å². The van der Waals surface area contributed by atoms with E-state index in [0.717, 1.165) is 0 Å². The number of fused-ring (bicyclic) bond motifs is 13. The van der Waals surface area contributed by atoms with Crippen LogP contribution in [0.2, 0.25) is 0 Å². The van der Waals surface area contributed by atoms with Crippen molar-refractivity contribution in [3.63, 3.8) is 0 Å². The topological polar surface area (TPSA) is 11.4 Å². The van der Waals surface area contributed by atoms with Crippen molar-refractivity contribution in [2.45, 2.75) is 115 Å². The Hall–Kier alpha value is -4.44. The number of aryl methyl sites for hydroxylation is 2. The van der Waals surface area contributed by atoms with Gasteiger partial charge in [0, 0.05) is 55.6 Å². The minimum atomic E-state index is -0.0147. The van der Waals surface area contributed by atoms with Gasteiger partial charge in [0.15, 0.2) is 0 Å². The molecule has 6 aliphatic rings. The lowest BCUT2D eigenvalue weighted by Crippen LogP contribution is -2.64. The van der Waals surface area contributed by atoms with Crippen molar-refractivity contribution in [1.82, 2.24) is 4.57 Å². The highest BCUT2D eigenvalue weighted by molar-refractivity contribution is 7.00. The van der Waals surface area contributed by atoms with E-state index in [1.807, 2.05) is 0 Å². The van der Waals surface area contributed by atoms with Crippen molar-refractivity contribution < 1.29 is 0 Å². The van der Waals surface area contributed by atoms with E-state index in [2.05, 4.69) is 141 Å². The summed E-state index contributed by atoms with van der Waals surface area (Å²) in [5, 5.41) is 2.73. The summed E-state index contributed by atoms with van der Waals surface area (Å²) in [6.45, 7) is 15.3. The third kappa shape index (κ3) is 3.11. The van der Waals surface area contributed by atoms with Crippen LogP contribution >= 0.6 is 0 Å². The minimum Gasteiger partial charge on any atom is -0.335 e. The third-order valence-electron chi connectivity index (χ3n) is 16.2. The zero-order valence-electron chi connectivity index (χ0n) is 31.7. The summed E-state index contributed by atoms with van der Waals surface area (Å²) in [7, 11) is 0. The first-order valence-electron chi connectivity index (χ1n) is 20.2. The second-order valence-electron chi connectivity index (χ2n) is 18.4. The van der Waals surface area contributed by atoms with Crippen molar-refractivity contribution in [3.8, 4) is 5.69 Å². The Labute approximate surface area is 308 Å². The van der Waals surface area contributed by atoms with Crippen molar-refractivity contribution in [3.05, 3.63) is 107 Å². The molecule has 0 N–H and O–H groups in total. The Morgan fingerprint density at radius 2 is 1.27 bits per heavy atom. The van der Waals surface area contributed by atoms with Crippen LogP contribution in [0.1, 0.15) is 101 Å². The minimum absolute atomic E-state index is 0.00540. The summed E-state index contributed by atoms with van der Waals surface area (Å²) in [4.78, 5) is 5.77. The van der Waals surface area contributed by atoms with E-state index in [-0.39, 0.29) is 28.6 Å². The van der Waals surface area contributed by atoms with Gasteiger partial charge in [-0.05, 0) is 116 Å². The average Bonchev–Trinajstić information content (AvgIpc) is 3.66. The number of anilines is 4. The number of rotatable bonds is 1. The monoisotopic (exact) mass is 677 g/mol. The lowest BCUT2D eigenvalue weighted by atomic mass is 9.33. The van der Waals surface area contributed by atoms with Gasteiger partial charge in [-0.1, -0.05) is 100 Å². The van der Waals surface area contributed by atoms with Crippen LogP contribution in [0.4, 0.5) is 22.7 Å². The molecular formula is C48H48BN3. The van der Waals surface area contributed by atoms with Gasteiger partial charge in [-0.25, -0.2) is 0 Å². The number of benzene rings is 5. The van der Waals surface area contributed by atoms with E-state index in [9.17, 15) is 0 Å². The molecule has 0 saturated heterocycles. The molecule has 1 aromatic heterocycles. The van der Waals surface area contributed by atoms with E-state index < -0.39 is 0 Å². The lowest BCUT2D eigenvalue weighted by molar-refractivity contribution is 0.193. The predicted octanol–water partition coefficient (Wildman–Crippen LogP) is 10.0. The molecule has 5 aromatic carbocycles. The van der Waals surface area contributed by atoms with Gasteiger partial charge in [-0.2, -0.15) is 0 Å². The SMILES string of the molecule is Cc1cc(C)c2c(c1)N(c1cc3c4c(c1)-n1c5ccccc5c5cccc(c51)B4c1cccc4c1N3C1(C)CCCCC41C)C1(C)CCCCC21C. The van der Waals surface area contributed by atoms with Gasteiger partial charge in [-0.15, -0.1) is 0 Å². The normalized spacial score (nSPS) is 28.9. The highest BCUT2D eigenvalue weighted by Gasteiger charge is 2.62. The standard InChI is InChI=1S/C48H48BN3/c1-29-25-30(2)41-38(26-29)51(48(6)24-12-10-22-46(41,48)4)31-27-39-42-40(28-31)52-44-34(45(3)21-9-11-23-47(45,52)5)17-14-19-36(44)49(42)35-18-13-16-33-32-15-7-8-20-37(32)50(39)43(33)35/h7-8,13-20,25-28H,9-12,21-24H2,1-6H3. The summed E-state index contributed by atoms with van der Waals surface area (Å²) in [6.07, 6.45) is 10.1. The third-order valence-corrected chi connectivity index (χ3v) is 16.2. The molecule has 6 aromatic rings. The molecule has 0 radical (unpaired) electrons. The van der Waals surface area contributed by atoms with Gasteiger partial charge in [0.25, 0.3) is 6.71 Å². The van der Waals surface area contributed by atoms with Crippen LogP contribution in [0.15, 0.2) is 84.9 Å². The number of para-hydroxylation sites is 3. The van der Waals surface area contributed by atoms with Crippen LogP contribution in [0.5, 0.6) is 0 Å². The number of hydrogen-bond donors (Lipinski definition) is 0. The zero-order chi connectivity index (χ0) is 35.1. The molecule has 4 atom stereocenters. The smallest absolute Gasteiger partial charge is 0.252 e. The summed E-state index contributed by atoms with van der Waals surface area (Å²) in [6, 6.07) is 33.9. The second kappa shape index (κ2) is 9.37. The summed E-state index contributed by atoms with van der Waals surface area (Å²) >= 11 is 0. The van der Waals surface area contributed by atoms with Crippen molar-refractivity contribution >= 4 is 67.7 Å². The molecule has 4 aliphatic heterocycles. The van der Waals surface area contributed by atoms with Crippen LogP contribution in [0, 0.1) is 13.8 Å². The van der Waals surface area contributed by atoms with Gasteiger partial charge in [0.05, 0.1) is 16.6 Å². The molecule has 4 heteroatoms. The van der Waals surface area contributed by atoms with Crippen molar-refractivity contribution in [1.29, 1.82) is 0 Å². The van der Waals surface area contributed by atoms with Crippen LogP contribution < -0.4 is 26.2 Å². The lowest BCUT2D eigenvalue weighted by Gasteiger charge is -2.53. The van der Waals surface area contributed by atoms with Gasteiger partial charge >= 0.3 is 0 Å². The Morgan fingerprint density at radius 3 is 2.10 bits per heavy atom. The summed E-state index contributed by atoms with van der Waals surface area (Å²) < 4.78 is 2.67. The maximum Gasteiger partial charge on any atom is 0.252 e. The Morgan fingerprint density at radius 1 is 0.596 bits per heavy atom. The molecule has 4 unspecified atom stereocenters. The molecule has 2 fully saturated rings. The molecule has 0 bridgehead atoms. The van der Waals surface area contributed by atoms with Crippen LogP contribution in [-0.4, -0.2) is 22.4 Å². The molecule has 12 rings (SSSR count). The first-order chi connectivity index (χ1) is 25.1. The Kier molecular flexibility index (Phi) is 5.42. The molecule has 0 spiro atoms. The molecule has 2 saturated carbocycles. The van der Waals surface area contributed by atoms with E-state index in [0.29, 0.717) is 0 Å². The number of aromatic nitrogens is 1. The predicted molar refractivity (Wildman–Crippen MR) is 221 cm³/mol. The quantitative estimate of drug-likeness (QED) is 0.160.